The third-order valence-corrected chi connectivity index (χ3v) is 2.94. The van der Waals surface area contributed by atoms with Crippen LogP contribution in [0, 0.1) is 6.92 Å². The molecule has 0 amide bonds. The average Bonchev–Trinajstić information content (AvgIpc) is 2.41. The first kappa shape index (κ1) is 13.3. The summed E-state index contributed by atoms with van der Waals surface area (Å²) >= 11 is 0. The molecule has 0 saturated heterocycles. The van der Waals surface area contributed by atoms with Gasteiger partial charge in [0.25, 0.3) is 0 Å². The maximum Gasteiger partial charge on any atom is 0.239 e. The van der Waals surface area contributed by atoms with E-state index in [1.807, 2.05) is 25.1 Å². The number of hydrogen-bond acceptors (Lipinski definition) is 5. The van der Waals surface area contributed by atoms with Crippen molar-refractivity contribution in [2.75, 3.05) is 10.7 Å². The minimum atomic E-state index is 0.398. The van der Waals surface area contributed by atoms with Crippen LogP contribution in [-0.4, -0.2) is 9.97 Å². The molecule has 0 aliphatic rings. The highest BCUT2D eigenvalue weighted by Crippen LogP contribution is 2.27. The van der Waals surface area contributed by atoms with E-state index in [1.54, 1.807) is 6.20 Å². The third kappa shape index (κ3) is 3.00. The Balaban J connectivity index is 2.36. The fourth-order valence-corrected chi connectivity index (χ4v) is 1.88. The third-order valence-electron chi connectivity index (χ3n) is 2.94. The maximum atomic E-state index is 5.34. The van der Waals surface area contributed by atoms with E-state index >= 15 is 0 Å². The van der Waals surface area contributed by atoms with Crippen LogP contribution in [0.4, 0.5) is 17.5 Å². The molecule has 5 heteroatoms. The van der Waals surface area contributed by atoms with Crippen LogP contribution < -0.4 is 16.6 Å². The summed E-state index contributed by atoms with van der Waals surface area (Å²) in [6, 6.07) is 8.21. The zero-order valence-electron chi connectivity index (χ0n) is 11.4. The number of nitrogens with one attached hydrogen (secondary N) is 2. The molecule has 0 saturated carbocycles. The molecule has 4 N–H and O–H groups in total. The summed E-state index contributed by atoms with van der Waals surface area (Å²) in [7, 11) is 0. The van der Waals surface area contributed by atoms with Gasteiger partial charge in [0, 0.05) is 17.4 Å². The van der Waals surface area contributed by atoms with Gasteiger partial charge in [-0.15, -0.1) is 0 Å². The second-order valence-corrected chi connectivity index (χ2v) is 4.74. The van der Waals surface area contributed by atoms with E-state index in [0.717, 1.165) is 17.1 Å². The zero-order chi connectivity index (χ0) is 13.8. The van der Waals surface area contributed by atoms with Gasteiger partial charge in [-0.3, -0.25) is 5.43 Å². The Kier molecular flexibility index (Phi) is 3.97. The van der Waals surface area contributed by atoms with Gasteiger partial charge >= 0.3 is 0 Å². The van der Waals surface area contributed by atoms with Gasteiger partial charge in [-0.1, -0.05) is 32.0 Å². The van der Waals surface area contributed by atoms with E-state index in [1.165, 1.54) is 5.56 Å². The van der Waals surface area contributed by atoms with Crippen molar-refractivity contribution in [2.24, 2.45) is 5.84 Å². The Hall–Kier alpha value is -2.14. The minimum Gasteiger partial charge on any atom is -0.340 e. The van der Waals surface area contributed by atoms with Crippen LogP contribution in [0.1, 0.15) is 30.9 Å². The summed E-state index contributed by atoms with van der Waals surface area (Å²) in [4.78, 5) is 8.40. The Morgan fingerprint density at radius 3 is 2.63 bits per heavy atom. The van der Waals surface area contributed by atoms with Crippen molar-refractivity contribution < 1.29 is 0 Å². The van der Waals surface area contributed by atoms with E-state index in [-0.39, 0.29) is 0 Å². The van der Waals surface area contributed by atoms with Crippen LogP contribution in [0.25, 0.3) is 0 Å². The molecule has 0 spiro atoms. The first-order valence-electron chi connectivity index (χ1n) is 6.28. The van der Waals surface area contributed by atoms with Crippen LogP contribution in [-0.2, 0) is 0 Å². The summed E-state index contributed by atoms with van der Waals surface area (Å²) in [5.41, 5.74) is 5.74. The Labute approximate surface area is 113 Å². The minimum absolute atomic E-state index is 0.398. The van der Waals surface area contributed by atoms with Crippen molar-refractivity contribution in [3.8, 4) is 0 Å². The van der Waals surface area contributed by atoms with Gasteiger partial charge in [0.2, 0.25) is 5.95 Å². The number of nitrogen functional groups attached to an aromatic ring is 1. The predicted octanol–water partition coefficient (Wildman–Crippen LogP) is 2.94. The van der Waals surface area contributed by atoms with Crippen LogP contribution in [0.2, 0.25) is 0 Å². The quantitative estimate of drug-likeness (QED) is 0.580. The van der Waals surface area contributed by atoms with Crippen molar-refractivity contribution in [1.29, 1.82) is 0 Å². The molecular weight excluding hydrogens is 238 g/mol. The number of aromatic nitrogens is 2. The molecule has 2 rings (SSSR count). The van der Waals surface area contributed by atoms with Gasteiger partial charge in [0.05, 0.1) is 0 Å². The first-order valence-corrected chi connectivity index (χ1v) is 6.28. The van der Waals surface area contributed by atoms with Crippen LogP contribution in [0.15, 0.2) is 30.5 Å². The van der Waals surface area contributed by atoms with Gasteiger partial charge in [-0.2, -0.15) is 4.98 Å². The van der Waals surface area contributed by atoms with Gasteiger partial charge in [0.1, 0.15) is 5.82 Å². The number of nitrogens with zero attached hydrogens (tertiary/aromatic N) is 2. The molecule has 1 aromatic carbocycles. The van der Waals surface area contributed by atoms with E-state index in [4.69, 9.17) is 5.84 Å². The lowest BCUT2D eigenvalue weighted by atomic mass is 10.0. The molecule has 0 aliphatic heterocycles. The van der Waals surface area contributed by atoms with E-state index in [0.29, 0.717) is 11.9 Å². The molecule has 0 bridgehead atoms. The highest BCUT2D eigenvalue weighted by atomic mass is 15.3. The Bertz CT molecular complexity index is 566. The van der Waals surface area contributed by atoms with Crippen LogP contribution in [0.5, 0.6) is 0 Å². The van der Waals surface area contributed by atoms with Crippen molar-refractivity contribution in [1.82, 2.24) is 9.97 Å². The van der Waals surface area contributed by atoms with E-state index < -0.39 is 0 Å². The second-order valence-electron chi connectivity index (χ2n) is 4.74. The first-order chi connectivity index (χ1) is 9.11. The number of anilines is 3. The largest absolute Gasteiger partial charge is 0.340 e. The van der Waals surface area contributed by atoms with Crippen molar-refractivity contribution in [3.05, 3.63) is 41.6 Å². The number of para-hydroxylation sites is 1. The Morgan fingerprint density at radius 2 is 1.95 bits per heavy atom. The molecule has 0 fully saturated rings. The van der Waals surface area contributed by atoms with E-state index in [2.05, 4.69) is 40.6 Å². The van der Waals surface area contributed by atoms with Crippen LogP contribution >= 0.6 is 0 Å². The number of hydrogen-bond donors (Lipinski definition) is 3. The summed E-state index contributed by atoms with van der Waals surface area (Å²) in [6.45, 7) is 6.29. The smallest absolute Gasteiger partial charge is 0.239 e. The Morgan fingerprint density at radius 1 is 1.21 bits per heavy atom. The average molecular weight is 257 g/mol. The summed E-state index contributed by atoms with van der Waals surface area (Å²) < 4.78 is 0. The molecule has 19 heavy (non-hydrogen) atoms. The summed E-state index contributed by atoms with van der Waals surface area (Å²) in [5, 5.41) is 3.35. The fourth-order valence-electron chi connectivity index (χ4n) is 1.88. The second kappa shape index (κ2) is 5.67. The maximum absolute atomic E-state index is 5.34. The van der Waals surface area contributed by atoms with Gasteiger partial charge in [-0.05, 0) is 24.5 Å². The molecule has 0 atom stereocenters. The molecule has 0 radical (unpaired) electrons. The summed E-state index contributed by atoms with van der Waals surface area (Å²) in [6.07, 6.45) is 1.74. The molecule has 1 aromatic heterocycles. The van der Waals surface area contributed by atoms with E-state index in [9.17, 15) is 0 Å². The fraction of sp³-hybridized carbons (Fsp3) is 0.286. The van der Waals surface area contributed by atoms with Gasteiger partial charge in [0.15, 0.2) is 0 Å². The lowest BCUT2D eigenvalue weighted by Gasteiger charge is -2.15. The summed E-state index contributed by atoms with van der Waals surface area (Å²) in [5.74, 6) is 6.94. The number of nitrogens with two attached hydrogens (primary N) is 1. The molecule has 2 aromatic rings. The SMILES string of the molecule is Cc1cnc(NN)nc1Nc1ccccc1C(C)C. The molecular formula is C14H19N5. The zero-order valence-corrected chi connectivity index (χ0v) is 11.4. The van der Waals surface area contributed by atoms with Gasteiger partial charge in [-0.25, -0.2) is 10.8 Å². The lowest BCUT2D eigenvalue weighted by Crippen LogP contribution is -2.12. The highest BCUT2D eigenvalue weighted by molar-refractivity contribution is 5.64. The molecule has 1 heterocycles. The normalized spacial score (nSPS) is 10.6. The number of rotatable bonds is 4. The van der Waals surface area contributed by atoms with Crippen molar-refractivity contribution in [3.63, 3.8) is 0 Å². The molecule has 5 nitrogen and oxygen atoms in total. The van der Waals surface area contributed by atoms with Crippen molar-refractivity contribution >= 4 is 17.5 Å². The standard InChI is InChI=1S/C14H19N5/c1-9(2)11-6-4-5-7-12(11)17-13-10(3)8-16-14(18-13)19-15/h4-9H,15H2,1-3H3,(H2,16,17,18,19). The molecule has 100 valence electrons. The number of hydrazine groups is 1. The topological polar surface area (TPSA) is 75.9 Å². The lowest BCUT2D eigenvalue weighted by molar-refractivity contribution is 0.868. The highest BCUT2D eigenvalue weighted by Gasteiger charge is 2.08. The molecule has 0 aliphatic carbocycles. The number of benzene rings is 1. The molecule has 0 unspecified atom stereocenters. The monoisotopic (exact) mass is 257 g/mol. The number of aryl methyl sites for hydroxylation is 1. The van der Waals surface area contributed by atoms with Crippen LogP contribution in [0.3, 0.4) is 0 Å². The predicted molar refractivity (Wildman–Crippen MR) is 78.4 cm³/mol. The van der Waals surface area contributed by atoms with Gasteiger partial charge < -0.3 is 5.32 Å². The van der Waals surface area contributed by atoms with Crippen molar-refractivity contribution in [2.45, 2.75) is 26.7 Å².